The first-order chi connectivity index (χ1) is 9.70. The van der Waals surface area contributed by atoms with Gasteiger partial charge in [0.15, 0.2) is 0 Å². The molecule has 2 rings (SSSR count). The smallest absolute Gasteiger partial charge is 0.249 e. The number of carbonyl (C=O) groups excluding carboxylic acids is 1. The number of hydrogen-bond acceptors (Lipinski definition) is 3. The number of benzene rings is 1. The maximum absolute atomic E-state index is 11.5. The Balaban J connectivity index is 2.00. The molecule has 1 aromatic rings. The summed E-state index contributed by atoms with van der Waals surface area (Å²) in [4.78, 5) is 13.9. The van der Waals surface area contributed by atoms with Crippen molar-refractivity contribution in [1.29, 1.82) is 0 Å². The topological polar surface area (TPSA) is 58.4 Å². The van der Waals surface area contributed by atoms with Crippen molar-refractivity contribution in [3.05, 3.63) is 35.4 Å². The van der Waals surface area contributed by atoms with Crippen LogP contribution in [0, 0.1) is 5.92 Å². The summed E-state index contributed by atoms with van der Waals surface area (Å²) in [5.74, 6) is 0.375. The van der Waals surface area contributed by atoms with Gasteiger partial charge in [0.25, 0.3) is 0 Å². The number of nitrogens with two attached hydrogens (primary N) is 1. The first kappa shape index (κ1) is 15.0. The first-order valence-corrected chi connectivity index (χ1v) is 7.51. The van der Waals surface area contributed by atoms with Crippen molar-refractivity contribution in [3.63, 3.8) is 0 Å². The van der Waals surface area contributed by atoms with Crippen LogP contribution >= 0.6 is 0 Å². The number of nitrogens with zero attached hydrogens (tertiary/aromatic N) is 1. The van der Waals surface area contributed by atoms with Crippen molar-refractivity contribution in [3.8, 4) is 0 Å². The summed E-state index contributed by atoms with van der Waals surface area (Å²) in [5.41, 5.74) is 7.13. The SMILES string of the molecule is CCN(Cc1ccccc1C(N)=O)CC1CCCNC1. The van der Waals surface area contributed by atoms with E-state index in [1.54, 1.807) is 0 Å². The van der Waals surface area contributed by atoms with Gasteiger partial charge in [-0.3, -0.25) is 9.69 Å². The lowest BCUT2D eigenvalue weighted by molar-refractivity contribution is 0.0998. The zero-order valence-corrected chi connectivity index (χ0v) is 12.3. The molecule has 1 aliphatic heterocycles. The second-order valence-electron chi connectivity index (χ2n) is 5.56. The van der Waals surface area contributed by atoms with Crippen LogP contribution in [0.3, 0.4) is 0 Å². The molecule has 1 aliphatic rings. The highest BCUT2D eigenvalue weighted by atomic mass is 16.1. The molecule has 20 heavy (non-hydrogen) atoms. The third kappa shape index (κ3) is 4.05. The summed E-state index contributed by atoms with van der Waals surface area (Å²) in [6.07, 6.45) is 2.56. The van der Waals surface area contributed by atoms with E-state index in [1.807, 2.05) is 24.3 Å². The minimum absolute atomic E-state index is 0.337. The summed E-state index contributed by atoms with van der Waals surface area (Å²) in [5, 5.41) is 3.46. The molecule has 1 atom stereocenters. The van der Waals surface area contributed by atoms with Crippen LogP contribution in [0.15, 0.2) is 24.3 Å². The van der Waals surface area contributed by atoms with E-state index in [0.29, 0.717) is 11.5 Å². The molecule has 4 heteroatoms. The molecule has 110 valence electrons. The third-order valence-electron chi connectivity index (χ3n) is 4.04. The van der Waals surface area contributed by atoms with Crippen molar-refractivity contribution >= 4 is 5.91 Å². The molecule has 0 radical (unpaired) electrons. The van der Waals surface area contributed by atoms with Crippen LogP contribution in [0.4, 0.5) is 0 Å². The summed E-state index contributed by atoms with van der Waals surface area (Å²) >= 11 is 0. The van der Waals surface area contributed by atoms with Gasteiger partial charge in [0, 0.05) is 18.7 Å². The normalized spacial score (nSPS) is 19.2. The van der Waals surface area contributed by atoms with Gasteiger partial charge in [0.2, 0.25) is 5.91 Å². The van der Waals surface area contributed by atoms with Crippen molar-refractivity contribution < 1.29 is 4.79 Å². The van der Waals surface area contributed by atoms with Crippen LogP contribution < -0.4 is 11.1 Å². The predicted molar refractivity (Wildman–Crippen MR) is 81.5 cm³/mol. The molecule has 1 unspecified atom stereocenters. The van der Waals surface area contributed by atoms with E-state index in [-0.39, 0.29) is 5.91 Å². The quantitative estimate of drug-likeness (QED) is 0.829. The zero-order valence-electron chi connectivity index (χ0n) is 12.3. The number of piperidine rings is 1. The molecule has 1 saturated heterocycles. The zero-order chi connectivity index (χ0) is 14.4. The van der Waals surface area contributed by atoms with Crippen molar-refractivity contribution in [2.75, 3.05) is 26.2 Å². The molecule has 0 aliphatic carbocycles. The van der Waals surface area contributed by atoms with Gasteiger partial charge in [-0.05, 0) is 50.0 Å². The Kier molecular flexibility index (Phi) is 5.56. The number of carbonyl (C=O) groups is 1. The van der Waals surface area contributed by atoms with E-state index >= 15 is 0 Å². The fourth-order valence-electron chi connectivity index (χ4n) is 2.89. The van der Waals surface area contributed by atoms with Gasteiger partial charge < -0.3 is 11.1 Å². The molecule has 1 fully saturated rings. The molecule has 4 nitrogen and oxygen atoms in total. The minimum atomic E-state index is -0.337. The summed E-state index contributed by atoms with van der Waals surface area (Å²) in [7, 11) is 0. The predicted octanol–water partition coefficient (Wildman–Crippen LogP) is 1.61. The van der Waals surface area contributed by atoms with E-state index in [4.69, 9.17) is 5.73 Å². The van der Waals surface area contributed by atoms with Gasteiger partial charge in [-0.1, -0.05) is 25.1 Å². The van der Waals surface area contributed by atoms with Gasteiger partial charge in [0.1, 0.15) is 0 Å². The Bertz CT molecular complexity index is 441. The van der Waals surface area contributed by atoms with Crippen LogP contribution in [0.2, 0.25) is 0 Å². The minimum Gasteiger partial charge on any atom is -0.366 e. The average Bonchev–Trinajstić information content (AvgIpc) is 2.48. The molecule has 0 aromatic heterocycles. The van der Waals surface area contributed by atoms with Crippen LogP contribution in [0.1, 0.15) is 35.7 Å². The van der Waals surface area contributed by atoms with E-state index in [9.17, 15) is 4.79 Å². The van der Waals surface area contributed by atoms with Crippen molar-refractivity contribution in [2.24, 2.45) is 11.7 Å². The molecule has 1 heterocycles. The van der Waals surface area contributed by atoms with Gasteiger partial charge in [-0.25, -0.2) is 0 Å². The lowest BCUT2D eigenvalue weighted by Gasteiger charge is -2.29. The van der Waals surface area contributed by atoms with Gasteiger partial charge in [-0.2, -0.15) is 0 Å². The standard InChI is InChI=1S/C16H25N3O/c1-2-19(11-13-6-5-9-18-10-13)12-14-7-3-4-8-15(14)16(17)20/h3-4,7-8,13,18H,2,5-6,9-12H2,1H3,(H2,17,20). The second kappa shape index (κ2) is 7.41. The average molecular weight is 275 g/mol. The van der Waals surface area contributed by atoms with Gasteiger partial charge >= 0.3 is 0 Å². The number of hydrogen-bond donors (Lipinski definition) is 2. The third-order valence-corrected chi connectivity index (χ3v) is 4.04. The highest BCUT2D eigenvalue weighted by Crippen LogP contribution is 2.16. The molecule has 1 aromatic carbocycles. The Morgan fingerprint density at radius 1 is 1.45 bits per heavy atom. The monoisotopic (exact) mass is 275 g/mol. The maximum Gasteiger partial charge on any atom is 0.249 e. The van der Waals surface area contributed by atoms with E-state index in [0.717, 1.165) is 38.3 Å². The first-order valence-electron chi connectivity index (χ1n) is 7.51. The second-order valence-corrected chi connectivity index (χ2v) is 5.56. The van der Waals surface area contributed by atoms with Crippen LogP contribution in [-0.4, -0.2) is 37.0 Å². The van der Waals surface area contributed by atoms with Gasteiger partial charge in [-0.15, -0.1) is 0 Å². The molecular formula is C16H25N3O. The summed E-state index contributed by atoms with van der Waals surface area (Å²) in [6, 6.07) is 7.65. The van der Waals surface area contributed by atoms with Crippen LogP contribution in [0.25, 0.3) is 0 Å². The highest BCUT2D eigenvalue weighted by Gasteiger charge is 2.17. The fraction of sp³-hybridized carbons (Fsp3) is 0.562. The molecule has 0 bridgehead atoms. The number of primary amides is 1. The molecular weight excluding hydrogens is 250 g/mol. The van der Waals surface area contributed by atoms with E-state index in [2.05, 4.69) is 17.1 Å². The summed E-state index contributed by atoms with van der Waals surface area (Å²) < 4.78 is 0. The molecule has 0 saturated carbocycles. The lowest BCUT2D eigenvalue weighted by atomic mass is 9.98. The van der Waals surface area contributed by atoms with E-state index < -0.39 is 0 Å². The number of nitrogens with one attached hydrogen (secondary N) is 1. The molecule has 0 spiro atoms. The lowest BCUT2D eigenvalue weighted by Crippen LogP contribution is -2.38. The van der Waals surface area contributed by atoms with Gasteiger partial charge in [0.05, 0.1) is 0 Å². The number of rotatable bonds is 6. The van der Waals surface area contributed by atoms with Crippen LogP contribution in [-0.2, 0) is 6.54 Å². The van der Waals surface area contributed by atoms with Crippen molar-refractivity contribution in [2.45, 2.75) is 26.3 Å². The van der Waals surface area contributed by atoms with E-state index in [1.165, 1.54) is 12.8 Å². The maximum atomic E-state index is 11.5. The Hall–Kier alpha value is -1.39. The largest absolute Gasteiger partial charge is 0.366 e. The summed E-state index contributed by atoms with van der Waals surface area (Å²) in [6.45, 7) is 7.29. The Labute approximate surface area is 121 Å². The molecule has 3 N–H and O–H groups in total. The Morgan fingerprint density at radius 3 is 2.90 bits per heavy atom. The van der Waals surface area contributed by atoms with Crippen LogP contribution in [0.5, 0.6) is 0 Å². The van der Waals surface area contributed by atoms with Crippen molar-refractivity contribution in [1.82, 2.24) is 10.2 Å². The Morgan fingerprint density at radius 2 is 2.25 bits per heavy atom. The fourth-order valence-corrected chi connectivity index (χ4v) is 2.89. The number of amides is 1. The molecule has 1 amide bonds. The highest BCUT2D eigenvalue weighted by molar-refractivity contribution is 5.94.